The maximum Gasteiger partial charge on any atom is 0.337 e. The van der Waals surface area contributed by atoms with Crippen molar-refractivity contribution in [2.24, 2.45) is 0 Å². The van der Waals surface area contributed by atoms with Gasteiger partial charge in [0.1, 0.15) is 18.2 Å². The highest BCUT2D eigenvalue weighted by atomic mass is 19.1. The number of benzene rings is 2. The van der Waals surface area contributed by atoms with Crippen molar-refractivity contribution >= 4 is 5.97 Å². The first kappa shape index (κ1) is 17.0. The average Bonchev–Trinajstić information content (AvgIpc) is 2.54. The van der Waals surface area contributed by atoms with Crippen molar-refractivity contribution in [3.05, 3.63) is 53.8 Å². The summed E-state index contributed by atoms with van der Waals surface area (Å²) in [5, 5.41) is 0. The Labute approximate surface area is 135 Å². The molecular formula is C18H20FNO3. The van der Waals surface area contributed by atoms with Gasteiger partial charge in [-0.1, -0.05) is 12.1 Å². The number of hydrogen-bond acceptors (Lipinski definition) is 4. The van der Waals surface area contributed by atoms with Crippen LogP contribution in [-0.4, -0.2) is 45.2 Å². The van der Waals surface area contributed by atoms with Crippen LogP contribution in [0.5, 0.6) is 5.75 Å². The fourth-order valence-corrected chi connectivity index (χ4v) is 2.09. The third-order valence-electron chi connectivity index (χ3n) is 3.35. The summed E-state index contributed by atoms with van der Waals surface area (Å²) in [6, 6.07) is 11.3. The third kappa shape index (κ3) is 4.53. The average molecular weight is 317 g/mol. The molecule has 0 aromatic heterocycles. The predicted octanol–water partition coefficient (Wildman–Crippen LogP) is 3.22. The summed E-state index contributed by atoms with van der Waals surface area (Å²) in [5.41, 5.74) is 2.04. The van der Waals surface area contributed by atoms with E-state index in [0.29, 0.717) is 17.9 Å². The van der Waals surface area contributed by atoms with E-state index in [1.54, 1.807) is 30.3 Å². The summed E-state index contributed by atoms with van der Waals surface area (Å²) in [7, 11) is 5.24. The highest BCUT2D eigenvalue weighted by Gasteiger charge is 2.12. The van der Waals surface area contributed by atoms with Gasteiger partial charge in [0.15, 0.2) is 0 Å². The number of halogens is 1. The molecular weight excluding hydrogens is 297 g/mol. The van der Waals surface area contributed by atoms with Gasteiger partial charge in [-0.2, -0.15) is 0 Å². The van der Waals surface area contributed by atoms with E-state index in [1.165, 1.54) is 19.2 Å². The fraction of sp³-hybridized carbons (Fsp3) is 0.278. The van der Waals surface area contributed by atoms with Crippen LogP contribution in [0.25, 0.3) is 11.1 Å². The van der Waals surface area contributed by atoms with E-state index in [0.717, 1.165) is 17.7 Å². The van der Waals surface area contributed by atoms with Crippen molar-refractivity contribution in [3.63, 3.8) is 0 Å². The molecule has 0 aliphatic carbocycles. The Hall–Kier alpha value is -2.40. The third-order valence-corrected chi connectivity index (χ3v) is 3.35. The minimum Gasteiger partial charge on any atom is -0.492 e. The lowest BCUT2D eigenvalue weighted by Gasteiger charge is -2.15. The summed E-state index contributed by atoms with van der Waals surface area (Å²) in [6.07, 6.45) is 0. The number of hydrogen-bond donors (Lipinski definition) is 0. The molecule has 0 radical (unpaired) electrons. The van der Waals surface area contributed by atoms with Crippen LogP contribution in [0.2, 0.25) is 0 Å². The highest BCUT2D eigenvalue weighted by Crippen LogP contribution is 2.31. The number of ether oxygens (including phenoxy) is 2. The molecule has 2 aromatic rings. The van der Waals surface area contributed by atoms with E-state index in [9.17, 15) is 9.18 Å². The van der Waals surface area contributed by atoms with Crippen molar-refractivity contribution in [2.75, 3.05) is 34.4 Å². The number of carbonyl (C=O) groups excluding carboxylic acids is 1. The smallest absolute Gasteiger partial charge is 0.337 e. The Kier molecular flexibility index (Phi) is 5.71. The number of nitrogens with zero attached hydrogens (tertiary/aromatic N) is 1. The van der Waals surface area contributed by atoms with E-state index in [2.05, 4.69) is 0 Å². The monoisotopic (exact) mass is 317 g/mol. The van der Waals surface area contributed by atoms with Crippen molar-refractivity contribution in [2.45, 2.75) is 0 Å². The van der Waals surface area contributed by atoms with Crippen LogP contribution < -0.4 is 4.74 Å². The van der Waals surface area contributed by atoms with E-state index < -0.39 is 5.97 Å². The van der Waals surface area contributed by atoms with Crippen LogP contribution in [0.1, 0.15) is 10.4 Å². The maximum atomic E-state index is 13.1. The van der Waals surface area contributed by atoms with Crippen molar-refractivity contribution in [1.82, 2.24) is 4.90 Å². The van der Waals surface area contributed by atoms with Gasteiger partial charge in [0.05, 0.1) is 12.7 Å². The van der Waals surface area contributed by atoms with Gasteiger partial charge >= 0.3 is 5.97 Å². The topological polar surface area (TPSA) is 38.8 Å². The molecule has 0 amide bonds. The number of carbonyl (C=O) groups is 1. The summed E-state index contributed by atoms with van der Waals surface area (Å²) < 4.78 is 23.7. The van der Waals surface area contributed by atoms with Crippen molar-refractivity contribution in [3.8, 4) is 16.9 Å². The molecule has 2 rings (SSSR count). The van der Waals surface area contributed by atoms with Crippen molar-refractivity contribution < 1.29 is 18.7 Å². The van der Waals surface area contributed by atoms with E-state index in [4.69, 9.17) is 9.47 Å². The van der Waals surface area contributed by atoms with Crippen LogP contribution in [-0.2, 0) is 4.74 Å². The Balaban J connectivity index is 2.35. The minimum absolute atomic E-state index is 0.296. The molecule has 0 atom stereocenters. The Bertz CT molecular complexity index is 668. The minimum atomic E-state index is -0.423. The molecule has 5 heteroatoms. The predicted molar refractivity (Wildman–Crippen MR) is 87.2 cm³/mol. The van der Waals surface area contributed by atoms with Crippen LogP contribution >= 0.6 is 0 Å². The molecule has 0 aliphatic rings. The van der Waals surface area contributed by atoms with Gasteiger partial charge in [-0.05, 0) is 50.0 Å². The van der Waals surface area contributed by atoms with Gasteiger partial charge in [-0.3, -0.25) is 0 Å². The molecule has 0 fully saturated rings. The Morgan fingerprint density at radius 3 is 2.43 bits per heavy atom. The first-order valence-electron chi connectivity index (χ1n) is 7.27. The number of esters is 1. The standard InChI is InChI=1S/C18H20FNO3/c1-20(2)10-11-23-17-12-14(18(21)22-3)6-9-16(17)13-4-7-15(19)8-5-13/h4-9,12H,10-11H2,1-3H3. The van der Waals surface area contributed by atoms with Gasteiger partial charge < -0.3 is 14.4 Å². The second-order valence-corrected chi connectivity index (χ2v) is 5.36. The highest BCUT2D eigenvalue weighted by molar-refractivity contribution is 5.91. The number of rotatable bonds is 6. The second-order valence-electron chi connectivity index (χ2n) is 5.36. The van der Waals surface area contributed by atoms with Gasteiger partial charge in [-0.25, -0.2) is 9.18 Å². The maximum absolute atomic E-state index is 13.1. The van der Waals surface area contributed by atoms with Gasteiger partial charge in [0.25, 0.3) is 0 Å². The first-order chi connectivity index (χ1) is 11.0. The van der Waals surface area contributed by atoms with E-state index >= 15 is 0 Å². The first-order valence-corrected chi connectivity index (χ1v) is 7.27. The van der Waals surface area contributed by atoms with Gasteiger partial charge in [0.2, 0.25) is 0 Å². The molecule has 0 aliphatic heterocycles. The lowest BCUT2D eigenvalue weighted by atomic mass is 10.0. The second kappa shape index (κ2) is 7.74. The fourth-order valence-electron chi connectivity index (χ4n) is 2.09. The van der Waals surface area contributed by atoms with Gasteiger partial charge in [0, 0.05) is 12.1 Å². The largest absolute Gasteiger partial charge is 0.492 e. The molecule has 0 unspecified atom stereocenters. The summed E-state index contributed by atoms with van der Waals surface area (Å²) in [6.45, 7) is 1.22. The summed E-state index contributed by atoms with van der Waals surface area (Å²) in [4.78, 5) is 13.7. The zero-order valence-corrected chi connectivity index (χ0v) is 13.5. The molecule has 2 aromatic carbocycles. The van der Waals surface area contributed by atoms with E-state index in [-0.39, 0.29) is 5.82 Å². The molecule has 122 valence electrons. The lowest BCUT2D eigenvalue weighted by molar-refractivity contribution is 0.0600. The molecule has 0 N–H and O–H groups in total. The SMILES string of the molecule is COC(=O)c1ccc(-c2ccc(F)cc2)c(OCCN(C)C)c1. The molecule has 0 heterocycles. The molecule has 0 spiro atoms. The Morgan fingerprint density at radius 2 is 1.83 bits per heavy atom. The summed E-state index contributed by atoms with van der Waals surface area (Å²) >= 11 is 0. The number of methoxy groups -OCH3 is 1. The molecule has 23 heavy (non-hydrogen) atoms. The van der Waals surface area contributed by atoms with Crippen LogP contribution in [0.3, 0.4) is 0 Å². The van der Waals surface area contributed by atoms with Crippen LogP contribution in [0, 0.1) is 5.82 Å². The Morgan fingerprint density at radius 1 is 1.13 bits per heavy atom. The van der Waals surface area contributed by atoms with Crippen LogP contribution in [0.15, 0.2) is 42.5 Å². The summed E-state index contributed by atoms with van der Waals surface area (Å²) in [5.74, 6) is -0.149. The normalized spacial score (nSPS) is 10.7. The molecule has 0 bridgehead atoms. The zero-order valence-electron chi connectivity index (χ0n) is 13.5. The lowest BCUT2D eigenvalue weighted by Crippen LogP contribution is -2.19. The van der Waals surface area contributed by atoms with E-state index in [1.807, 2.05) is 19.0 Å². The van der Waals surface area contributed by atoms with Gasteiger partial charge in [-0.15, -0.1) is 0 Å². The molecule has 4 nitrogen and oxygen atoms in total. The van der Waals surface area contributed by atoms with Crippen molar-refractivity contribution in [1.29, 1.82) is 0 Å². The molecule has 0 saturated heterocycles. The zero-order chi connectivity index (χ0) is 16.8. The quantitative estimate of drug-likeness (QED) is 0.767. The number of likely N-dealkylation sites (N-methyl/N-ethyl adjacent to an activating group) is 1. The van der Waals surface area contributed by atoms with Crippen LogP contribution in [0.4, 0.5) is 4.39 Å². The molecule has 0 saturated carbocycles.